The van der Waals surface area contributed by atoms with Crippen LogP contribution in [0.4, 0.5) is 10.1 Å². The fraction of sp³-hybridized carbons (Fsp3) is 0.263. The van der Waals surface area contributed by atoms with E-state index in [0.29, 0.717) is 24.1 Å². The van der Waals surface area contributed by atoms with Crippen LogP contribution in [0.2, 0.25) is 0 Å². The molecule has 1 atom stereocenters. The summed E-state index contributed by atoms with van der Waals surface area (Å²) >= 11 is 0. The average Bonchev–Trinajstić information content (AvgIpc) is 3.44. The number of aliphatic hydroxyl groups excluding tert-OH is 1. The van der Waals surface area contributed by atoms with E-state index in [1.54, 1.807) is 24.3 Å². The van der Waals surface area contributed by atoms with Crippen LogP contribution in [0.15, 0.2) is 54.6 Å². The first-order valence-electron chi connectivity index (χ1n) is 8.10. The molecule has 1 aliphatic carbocycles. The van der Waals surface area contributed by atoms with Crippen molar-refractivity contribution < 1.29 is 19.1 Å². The zero-order chi connectivity index (χ0) is 17.9. The number of carbonyl (C=O) groups is 2. The van der Waals surface area contributed by atoms with E-state index in [1.807, 2.05) is 6.07 Å². The minimum Gasteiger partial charge on any atom is -0.387 e. The van der Waals surface area contributed by atoms with Crippen molar-refractivity contribution in [2.75, 3.05) is 11.9 Å². The Hall–Kier alpha value is -2.73. The maximum atomic E-state index is 12.9. The lowest BCUT2D eigenvalue weighted by molar-refractivity contribution is -0.134. The predicted octanol–water partition coefficient (Wildman–Crippen LogP) is 2.39. The lowest BCUT2D eigenvalue weighted by Crippen LogP contribution is -2.41. The van der Waals surface area contributed by atoms with Gasteiger partial charge in [-0.25, -0.2) is 4.39 Å². The largest absolute Gasteiger partial charge is 0.387 e. The first-order chi connectivity index (χ1) is 12.0. The van der Waals surface area contributed by atoms with E-state index in [9.17, 15) is 19.1 Å². The molecule has 0 bridgehead atoms. The van der Waals surface area contributed by atoms with Gasteiger partial charge in [-0.1, -0.05) is 30.3 Å². The van der Waals surface area contributed by atoms with E-state index < -0.39 is 29.2 Å². The average molecular weight is 342 g/mol. The number of carbonyl (C=O) groups excluding carboxylic acids is 2. The Labute approximate surface area is 144 Å². The predicted molar refractivity (Wildman–Crippen MR) is 91.1 cm³/mol. The van der Waals surface area contributed by atoms with Crippen LogP contribution >= 0.6 is 0 Å². The Kier molecular flexibility index (Phi) is 4.81. The van der Waals surface area contributed by atoms with Gasteiger partial charge in [-0.2, -0.15) is 0 Å². The van der Waals surface area contributed by atoms with Crippen LogP contribution in [0.25, 0.3) is 0 Å². The van der Waals surface area contributed by atoms with Gasteiger partial charge in [0.25, 0.3) is 0 Å². The first kappa shape index (κ1) is 17.1. The molecular weight excluding hydrogens is 323 g/mol. The number of amides is 2. The Balaban J connectivity index is 1.57. The molecule has 5 nitrogen and oxygen atoms in total. The number of hydrogen-bond donors (Lipinski definition) is 3. The third kappa shape index (κ3) is 3.85. The topological polar surface area (TPSA) is 78.4 Å². The molecule has 0 saturated heterocycles. The number of halogens is 1. The van der Waals surface area contributed by atoms with E-state index in [1.165, 1.54) is 24.3 Å². The number of rotatable bonds is 6. The molecule has 3 rings (SSSR count). The summed E-state index contributed by atoms with van der Waals surface area (Å²) in [6.07, 6.45) is 0.0711. The fourth-order valence-electron chi connectivity index (χ4n) is 2.62. The third-order valence-corrected chi connectivity index (χ3v) is 4.36. The molecule has 130 valence electrons. The number of benzene rings is 2. The van der Waals surface area contributed by atoms with Crippen molar-refractivity contribution in [3.05, 3.63) is 66.0 Å². The second-order valence-corrected chi connectivity index (χ2v) is 6.18. The van der Waals surface area contributed by atoms with E-state index in [4.69, 9.17) is 0 Å². The van der Waals surface area contributed by atoms with Crippen molar-refractivity contribution >= 4 is 17.5 Å². The second kappa shape index (κ2) is 7.03. The van der Waals surface area contributed by atoms with Gasteiger partial charge in [0, 0.05) is 12.2 Å². The molecule has 1 aliphatic rings. The first-order valence-corrected chi connectivity index (χ1v) is 8.10. The molecule has 2 amide bonds. The van der Waals surface area contributed by atoms with Gasteiger partial charge >= 0.3 is 0 Å². The molecule has 0 unspecified atom stereocenters. The van der Waals surface area contributed by atoms with Gasteiger partial charge in [-0.05, 0) is 42.7 Å². The zero-order valence-corrected chi connectivity index (χ0v) is 13.5. The number of hydrogen-bond acceptors (Lipinski definition) is 3. The Morgan fingerprint density at radius 1 is 1.04 bits per heavy atom. The lowest BCUT2D eigenvalue weighted by atomic mass is 10.0. The Bertz CT molecular complexity index is 758. The maximum absolute atomic E-state index is 12.9. The molecule has 2 aromatic rings. The molecule has 0 spiro atoms. The summed E-state index contributed by atoms with van der Waals surface area (Å²) < 4.78 is 12.9. The highest BCUT2D eigenvalue weighted by Gasteiger charge is 2.56. The summed E-state index contributed by atoms with van der Waals surface area (Å²) in [5, 5.41) is 15.4. The van der Waals surface area contributed by atoms with Crippen molar-refractivity contribution in [2.24, 2.45) is 5.41 Å². The monoisotopic (exact) mass is 342 g/mol. The zero-order valence-electron chi connectivity index (χ0n) is 13.5. The van der Waals surface area contributed by atoms with Gasteiger partial charge in [0.15, 0.2) is 0 Å². The van der Waals surface area contributed by atoms with E-state index >= 15 is 0 Å². The van der Waals surface area contributed by atoms with Crippen LogP contribution in [-0.2, 0) is 9.59 Å². The molecule has 2 aromatic carbocycles. The smallest absolute Gasteiger partial charge is 0.240 e. The van der Waals surface area contributed by atoms with Gasteiger partial charge in [-0.15, -0.1) is 0 Å². The highest BCUT2D eigenvalue weighted by atomic mass is 19.1. The van der Waals surface area contributed by atoms with Gasteiger partial charge < -0.3 is 15.7 Å². The quantitative estimate of drug-likeness (QED) is 0.706. The van der Waals surface area contributed by atoms with Crippen LogP contribution in [0.1, 0.15) is 24.5 Å². The Morgan fingerprint density at radius 2 is 1.68 bits per heavy atom. The van der Waals surface area contributed by atoms with E-state index in [-0.39, 0.29) is 6.54 Å². The van der Waals surface area contributed by atoms with Gasteiger partial charge in [0.2, 0.25) is 11.8 Å². The van der Waals surface area contributed by atoms with Crippen molar-refractivity contribution in [2.45, 2.75) is 18.9 Å². The van der Waals surface area contributed by atoms with E-state index in [2.05, 4.69) is 10.6 Å². The summed E-state index contributed by atoms with van der Waals surface area (Å²) in [4.78, 5) is 24.8. The highest BCUT2D eigenvalue weighted by molar-refractivity contribution is 6.13. The number of aliphatic hydroxyl groups is 1. The molecule has 0 aliphatic heterocycles. The molecule has 0 radical (unpaired) electrons. The normalized spacial score (nSPS) is 15.9. The molecule has 25 heavy (non-hydrogen) atoms. The lowest BCUT2D eigenvalue weighted by Gasteiger charge is -2.17. The summed E-state index contributed by atoms with van der Waals surface area (Å²) in [7, 11) is 0. The van der Waals surface area contributed by atoms with Gasteiger partial charge in [-0.3, -0.25) is 9.59 Å². The third-order valence-electron chi connectivity index (χ3n) is 4.36. The molecule has 0 aromatic heterocycles. The summed E-state index contributed by atoms with van der Waals surface area (Å²) in [5.41, 5.74) is 0.0309. The second-order valence-electron chi connectivity index (χ2n) is 6.18. The standard InChI is InChI=1S/C19H19FN2O3/c20-14-6-8-15(9-7-14)22-18(25)19(10-11-19)17(24)21-12-16(23)13-4-2-1-3-5-13/h1-9,16,23H,10-12H2,(H,21,24)(H,22,25)/t16-/m1/s1. The molecule has 0 heterocycles. The summed E-state index contributed by atoms with van der Waals surface area (Å²) in [6, 6.07) is 14.4. The van der Waals surface area contributed by atoms with Crippen LogP contribution < -0.4 is 10.6 Å². The molecule has 3 N–H and O–H groups in total. The summed E-state index contributed by atoms with van der Waals surface area (Å²) in [6.45, 7) is 0.0361. The molecule has 6 heteroatoms. The minimum absolute atomic E-state index is 0.0361. The van der Waals surface area contributed by atoms with Crippen molar-refractivity contribution in [3.63, 3.8) is 0 Å². The van der Waals surface area contributed by atoms with Gasteiger partial charge in [0.05, 0.1) is 6.10 Å². The molecule has 1 saturated carbocycles. The minimum atomic E-state index is -1.11. The Morgan fingerprint density at radius 3 is 2.28 bits per heavy atom. The fourth-order valence-corrected chi connectivity index (χ4v) is 2.62. The van der Waals surface area contributed by atoms with Crippen LogP contribution in [0, 0.1) is 11.2 Å². The van der Waals surface area contributed by atoms with Crippen molar-refractivity contribution in [3.8, 4) is 0 Å². The van der Waals surface area contributed by atoms with Crippen molar-refractivity contribution in [1.29, 1.82) is 0 Å². The van der Waals surface area contributed by atoms with E-state index in [0.717, 1.165) is 0 Å². The van der Waals surface area contributed by atoms with Gasteiger partial charge in [0.1, 0.15) is 11.2 Å². The maximum Gasteiger partial charge on any atom is 0.240 e. The molecular formula is C19H19FN2O3. The number of anilines is 1. The molecule has 1 fully saturated rings. The number of nitrogens with one attached hydrogen (secondary N) is 2. The van der Waals surface area contributed by atoms with Crippen LogP contribution in [-0.4, -0.2) is 23.5 Å². The van der Waals surface area contributed by atoms with Crippen LogP contribution in [0.3, 0.4) is 0 Å². The SMILES string of the molecule is O=C(NC[C@@H](O)c1ccccc1)C1(C(=O)Nc2ccc(F)cc2)CC1. The van der Waals surface area contributed by atoms with Crippen LogP contribution in [0.5, 0.6) is 0 Å². The summed E-state index contributed by atoms with van der Waals surface area (Å²) in [5.74, 6) is -1.21. The van der Waals surface area contributed by atoms with Crippen molar-refractivity contribution in [1.82, 2.24) is 5.32 Å². The highest BCUT2D eigenvalue weighted by Crippen LogP contribution is 2.46.